The standard InChI is InChI=1S/C9H11NO4S/c1-14-9-4-3-8(5-7(9)6-11)10-15(2,12)13/h3-6,10H,1-2H3. The van der Waals surface area contributed by atoms with E-state index in [1.54, 1.807) is 0 Å². The first-order valence-corrected chi connectivity index (χ1v) is 5.96. The Morgan fingerprint density at radius 2 is 2.07 bits per heavy atom. The van der Waals surface area contributed by atoms with Gasteiger partial charge in [0.2, 0.25) is 10.0 Å². The molecule has 0 aromatic heterocycles. The maximum Gasteiger partial charge on any atom is 0.229 e. The van der Waals surface area contributed by atoms with Crippen molar-refractivity contribution in [1.29, 1.82) is 0 Å². The van der Waals surface area contributed by atoms with Gasteiger partial charge in [-0.2, -0.15) is 0 Å². The summed E-state index contributed by atoms with van der Waals surface area (Å²) in [5, 5.41) is 0. The molecule has 0 fully saturated rings. The molecule has 0 saturated carbocycles. The van der Waals surface area contributed by atoms with Gasteiger partial charge in [-0.15, -0.1) is 0 Å². The van der Waals surface area contributed by atoms with Gasteiger partial charge >= 0.3 is 0 Å². The van der Waals surface area contributed by atoms with Gasteiger partial charge in [-0.3, -0.25) is 9.52 Å². The third-order valence-electron chi connectivity index (χ3n) is 1.66. The van der Waals surface area contributed by atoms with Gasteiger partial charge in [-0.1, -0.05) is 0 Å². The summed E-state index contributed by atoms with van der Waals surface area (Å²) >= 11 is 0. The molecule has 0 unspecified atom stereocenters. The van der Waals surface area contributed by atoms with Crippen molar-refractivity contribution in [2.75, 3.05) is 18.1 Å². The number of hydrogen-bond acceptors (Lipinski definition) is 4. The fourth-order valence-corrected chi connectivity index (χ4v) is 1.66. The molecule has 0 bridgehead atoms. The molecule has 1 aromatic carbocycles. The van der Waals surface area contributed by atoms with Gasteiger partial charge < -0.3 is 4.74 Å². The molecule has 0 heterocycles. The highest BCUT2D eigenvalue weighted by Crippen LogP contribution is 2.21. The Labute approximate surface area is 88.1 Å². The maximum absolute atomic E-state index is 10.9. The number of carbonyl (C=O) groups is 1. The lowest BCUT2D eigenvalue weighted by Gasteiger charge is -2.07. The van der Waals surface area contributed by atoms with Crippen LogP contribution < -0.4 is 9.46 Å². The Kier molecular flexibility index (Phi) is 3.31. The SMILES string of the molecule is COc1ccc(NS(C)(=O)=O)cc1C=O. The Hall–Kier alpha value is -1.56. The van der Waals surface area contributed by atoms with Crippen molar-refractivity contribution in [3.63, 3.8) is 0 Å². The van der Waals surface area contributed by atoms with Crippen LogP contribution in [0.2, 0.25) is 0 Å². The van der Waals surface area contributed by atoms with Crippen LogP contribution in [0.5, 0.6) is 5.75 Å². The number of ether oxygens (including phenoxy) is 1. The summed E-state index contributed by atoms with van der Waals surface area (Å²) in [6.45, 7) is 0. The Balaban J connectivity index is 3.09. The molecule has 6 heteroatoms. The molecular weight excluding hydrogens is 218 g/mol. The number of nitrogens with one attached hydrogen (secondary N) is 1. The van der Waals surface area contributed by atoms with Crippen molar-refractivity contribution in [1.82, 2.24) is 0 Å². The lowest BCUT2D eigenvalue weighted by atomic mass is 10.2. The summed E-state index contributed by atoms with van der Waals surface area (Å²) in [6.07, 6.45) is 1.64. The van der Waals surface area contributed by atoms with Crippen LogP contribution in [-0.2, 0) is 10.0 Å². The monoisotopic (exact) mass is 229 g/mol. The highest BCUT2D eigenvalue weighted by Gasteiger charge is 2.06. The molecule has 0 spiro atoms. The lowest BCUT2D eigenvalue weighted by Crippen LogP contribution is -2.09. The predicted molar refractivity (Wildman–Crippen MR) is 56.8 cm³/mol. The molecule has 0 aliphatic carbocycles. The fraction of sp³-hybridized carbons (Fsp3) is 0.222. The number of anilines is 1. The molecule has 1 aromatic rings. The number of rotatable bonds is 4. The highest BCUT2D eigenvalue weighted by molar-refractivity contribution is 7.92. The van der Waals surface area contributed by atoms with Gasteiger partial charge in [0.15, 0.2) is 6.29 Å². The molecule has 1 rings (SSSR count). The second-order valence-corrected chi connectivity index (χ2v) is 4.70. The van der Waals surface area contributed by atoms with Crippen LogP contribution in [0.25, 0.3) is 0 Å². The zero-order valence-electron chi connectivity index (χ0n) is 8.35. The van der Waals surface area contributed by atoms with Crippen LogP contribution in [0.3, 0.4) is 0 Å². The molecule has 1 N–H and O–H groups in total. The van der Waals surface area contributed by atoms with E-state index in [4.69, 9.17) is 4.74 Å². The van der Waals surface area contributed by atoms with E-state index in [1.807, 2.05) is 0 Å². The molecular formula is C9H11NO4S. The minimum Gasteiger partial charge on any atom is -0.496 e. The minimum atomic E-state index is -3.33. The average Bonchev–Trinajstić information content (AvgIpc) is 2.15. The van der Waals surface area contributed by atoms with Crippen LogP contribution >= 0.6 is 0 Å². The van der Waals surface area contributed by atoms with E-state index in [0.717, 1.165) is 6.26 Å². The normalized spacial score (nSPS) is 10.8. The van der Waals surface area contributed by atoms with E-state index in [9.17, 15) is 13.2 Å². The van der Waals surface area contributed by atoms with Gasteiger partial charge in [-0.05, 0) is 18.2 Å². The summed E-state index contributed by atoms with van der Waals surface area (Å²) in [5.41, 5.74) is 0.631. The maximum atomic E-state index is 10.9. The number of sulfonamides is 1. The first-order chi connectivity index (χ1) is 6.96. The average molecular weight is 229 g/mol. The van der Waals surface area contributed by atoms with Crippen molar-refractivity contribution in [3.8, 4) is 5.75 Å². The number of methoxy groups -OCH3 is 1. The second kappa shape index (κ2) is 4.31. The van der Waals surface area contributed by atoms with Crippen LogP contribution in [0.15, 0.2) is 18.2 Å². The third kappa shape index (κ3) is 3.25. The van der Waals surface area contributed by atoms with Gasteiger partial charge in [0.25, 0.3) is 0 Å². The molecule has 0 radical (unpaired) electrons. The Morgan fingerprint density at radius 3 is 2.53 bits per heavy atom. The zero-order chi connectivity index (χ0) is 11.5. The van der Waals surface area contributed by atoms with Crippen molar-refractivity contribution < 1.29 is 17.9 Å². The van der Waals surface area contributed by atoms with E-state index >= 15 is 0 Å². The minimum absolute atomic E-state index is 0.297. The summed E-state index contributed by atoms with van der Waals surface area (Å²) in [5.74, 6) is 0.407. The van der Waals surface area contributed by atoms with Gasteiger partial charge in [0.1, 0.15) is 5.75 Å². The molecule has 0 aliphatic rings. The summed E-state index contributed by atoms with van der Waals surface area (Å²) in [7, 11) is -1.89. The topological polar surface area (TPSA) is 72.5 Å². The summed E-state index contributed by atoms with van der Waals surface area (Å²) in [6, 6.07) is 4.46. The summed E-state index contributed by atoms with van der Waals surface area (Å²) in [4.78, 5) is 10.6. The van der Waals surface area contributed by atoms with Crippen LogP contribution in [0.4, 0.5) is 5.69 Å². The van der Waals surface area contributed by atoms with Crippen molar-refractivity contribution in [3.05, 3.63) is 23.8 Å². The van der Waals surface area contributed by atoms with E-state index in [0.29, 0.717) is 23.3 Å². The highest BCUT2D eigenvalue weighted by atomic mass is 32.2. The van der Waals surface area contributed by atoms with Crippen LogP contribution in [0.1, 0.15) is 10.4 Å². The molecule has 0 amide bonds. The quantitative estimate of drug-likeness (QED) is 0.778. The smallest absolute Gasteiger partial charge is 0.229 e. The van der Waals surface area contributed by atoms with E-state index in [1.165, 1.54) is 25.3 Å². The second-order valence-electron chi connectivity index (χ2n) is 2.95. The molecule has 0 saturated heterocycles. The number of hydrogen-bond donors (Lipinski definition) is 1. The molecule has 0 atom stereocenters. The largest absolute Gasteiger partial charge is 0.496 e. The zero-order valence-corrected chi connectivity index (χ0v) is 9.17. The number of carbonyl (C=O) groups excluding carboxylic acids is 1. The van der Waals surface area contributed by atoms with E-state index in [-0.39, 0.29) is 0 Å². The summed E-state index contributed by atoms with van der Waals surface area (Å²) < 4.78 is 29.0. The van der Waals surface area contributed by atoms with Gasteiger partial charge in [-0.25, -0.2) is 8.42 Å². The fourth-order valence-electron chi connectivity index (χ4n) is 1.10. The molecule has 82 valence electrons. The molecule has 0 aliphatic heterocycles. The van der Waals surface area contributed by atoms with Crippen molar-refractivity contribution >= 4 is 22.0 Å². The predicted octanol–water partition coefficient (Wildman–Crippen LogP) is 0.879. The third-order valence-corrected chi connectivity index (χ3v) is 2.27. The molecule has 15 heavy (non-hydrogen) atoms. The first-order valence-electron chi connectivity index (χ1n) is 4.07. The van der Waals surface area contributed by atoms with Crippen molar-refractivity contribution in [2.45, 2.75) is 0 Å². The van der Waals surface area contributed by atoms with Crippen molar-refractivity contribution in [2.24, 2.45) is 0 Å². The number of aldehydes is 1. The molecule has 5 nitrogen and oxygen atoms in total. The van der Waals surface area contributed by atoms with E-state index < -0.39 is 10.0 Å². The first kappa shape index (κ1) is 11.5. The van der Waals surface area contributed by atoms with Gasteiger partial charge in [0, 0.05) is 5.69 Å². The van der Waals surface area contributed by atoms with Gasteiger partial charge in [0.05, 0.1) is 18.9 Å². The Morgan fingerprint density at radius 1 is 1.40 bits per heavy atom. The number of benzene rings is 1. The van der Waals surface area contributed by atoms with E-state index in [2.05, 4.69) is 4.72 Å². The van der Waals surface area contributed by atoms with Crippen LogP contribution in [-0.4, -0.2) is 28.1 Å². The lowest BCUT2D eigenvalue weighted by molar-refractivity contribution is 0.112. The Bertz CT molecular complexity index is 467. The van der Waals surface area contributed by atoms with Crippen LogP contribution in [0, 0.1) is 0 Å².